The summed E-state index contributed by atoms with van der Waals surface area (Å²) < 4.78 is 5.95. The molecule has 1 amide bonds. The number of carbonyl (C=O) groups is 2. The van der Waals surface area contributed by atoms with Crippen LogP contribution in [0.25, 0.3) is 0 Å². The van der Waals surface area contributed by atoms with Crippen LogP contribution in [-0.4, -0.2) is 46.1 Å². The number of piperidine rings is 1. The summed E-state index contributed by atoms with van der Waals surface area (Å²) in [7, 11) is 0. The van der Waals surface area contributed by atoms with Crippen molar-refractivity contribution in [2.45, 2.75) is 57.5 Å². The molecule has 3 rings (SSSR count). The lowest BCUT2D eigenvalue weighted by Gasteiger charge is -2.31. The van der Waals surface area contributed by atoms with Crippen molar-refractivity contribution in [1.82, 2.24) is 9.88 Å². The number of likely N-dealkylation sites (tertiary alicyclic amines) is 1. The lowest BCUT2D eigenvalue weighted by Crippen LogP contribution is -2.38. The smallest absolute Gasteiger partial charge is 0.303 e. The third-order valence-corrected chi connectivity index (χ3v) is 5.19. The molecule has 0 unspecified atom stereocenters. The molecule has 0 atom stereocenters. The molecule has 6 nitrogen and oxygen atoms in total. The van der Waals surface area contributed by atoms with Crippen LogP contribution in [0.3, 0.4) is 0 Å². The molecule has 1 aliphatic heterocycles. The van der Waals surface area contributed by atoms with E-state index in [0.717, 1.165) is 25.7 Å². The van der Waals surface area contributed by atoms with E-state index in [1.807, 2.05) is 0 Å². The summed E-state index contributed by atoms with van der Waals surface area (Å²) in [5, 5.41) is 8.88. The monoisotopic (exact) mass is 346 g/mol. The molecule has 2 fully saturated rings. The van der Waals surface area contributed by atoms with Crippen LogP contribution in [0.15, 0.2) is 18.3 Å². The van der Waals surface area contributed by atoms with Crippen LogP contribution < -0.4 is 4.74 Å². The van der Waals surface area contributed by atoms with Gasteiger partial charge in [-0.15, -0.1) is 0 Å². The number of rotatable bonds is 5. The normalized spacial score (nSPS) is 19.6. The maximum Gasteiger partial charge on any atom is 0.303 e. The highest BCUT2D eigenvalue weighted by atomic mass is 16.5. The largest absolute Gasteiger partial charge is 0.481 e. The molecule has 1 N–H and O–H groups in total. The van der Waals surface area contributed by atoms with E-state index in [1.165, 1.54) is 19.3 Å². The molecule has 1 aromatic rings. The van der Waals surface area contributed by atoms with Gasteiger partial charge >= 0.3 is 5.97 Å². The van der Waals surface area contributed by atoms with Crippen LogP contribution in [0.5, 0.6) is 5.88 Å². The van der Waals surface area contributed by atoms with Gasteiger partial charge in [-0.3, -0.25) is 9.59 Å². The van der Waals surface area contributed by atoms with Crippen molar-refractivity contribution >= 4 is 11.9 Å². The summed E-state index contributed by atoms with van der Waals surface area (Å²) in [4.78, 5) is 29.6. The van der Waals surface area contributed by atoms with Gasteiger partial charge in [0, 0.05) is 37.3 Å². The van der Waals surface area contributed by atoms with Crippen LogP contribution in [0.4, 0.5) is 0 Å². The van der Waals surface area contributed by atoms with Crippen LogP contribution >= 0.6 is 0 Å². The highest BCUT2D eigenvalue weighted by molar-refractivity contribution is 5.94. The Kier molecular flexibility index (Phi) is 5.89. The first-order valence-corrected chi connectivity index (χ1v) is 9.25. The van der Waals surface area contributed by atoms with Crippen molar-refractivity contribution in [2.24, 2.45) is 5.92 Å². The summed E-state index contributed by atoms with van der Waals surface area (Å²) in [6.45, 7) is 1.22. The Morgan fingerprint density at radius 1 is 1.16 bits per heavy atom. The molecule has 0 radical (unpaired) electrons. The van der Waals surface area contributed by atoms with Crippen molar-refractivity contribution in [3.05, 3.63) is 23.9 Å². The Labute approximate surface area is 148 Å². The number of amides is 1. The molecule has 6 heteroatoms. The van der Waals surface area contributed by atoms with Crippen LogP contribution in [-0.2, 0) is 4.79 Å². The molecule has 2 aliphatic rings. The third kappa shape index (κ3) is 4.94. The number of hydrogen-bond acceptors (Lipinski definition) is 4. The van der Waals surface area contributed by atoms with Gasteiger partial charge in [0.15, 0.2) is 0 Å². The molecule has 136 valence electrons. The maximum absolute atomic E-state index is 12.7. The van der Waals surface area contributed by atoms with Gasteiger partial charge in [-0.25, -0.2) is 4.98 Å². The minimum Gasteiger partial charge on any atom is -0.481 e. The number of aromatic nitrogens is 1. The number of aliphatic carboxylic acids is 1. The van der Waals surface area contributed by atoms with E-state index >= 15 is 0 Å². The predicted octanol–water partition coefficient (Wildman–Crippen LogP) is 3.12. The Bertz CT molecular complexity index is 605. The van der Waals surface area contributed by atoms with Crippen LogP contribution in [0.2, 0.25) is 0 Å². The van der Waals surface area contributed by atoms with Gasteiger partial charge in [-0.2, -0.15) is 0 Å². The second-order valence-corrected chi connectivity index (χ2v) is 7.09. The molecule has 0 bridgehead atoms. The minimum absolute atomic E-state index is 0.0235. The van der Waals surface area contributed by atoms with Gasteiger partial charge in [0.2, 0.25) is 5.88 Å². The summed E-state index contributed by atoms with van der Waals surface area (Å²) in [6, 6.07) is 3.46. The third-order valence-electron chi connectivity index (χ3n) is 5.19. The van der Waals surface area contributed by atoms with E-state index in [4.69, 9.17) is 9.84 Å². The molecular weight excluding hydrogens is 320 g/mol. The number of nitrogens with zero attached hydrogens (tertiary/aromatic N) is 2. The highest BCUT2D eigenvalue weighted by Gasteiger charge is 2.25. The Hall–Kier alpha value is -2.11. The lowest BCUT2D eigenvalue weighted by atomic mass is 9.93. The SMILES string of the molecule is O=C(O)CC1CCN(C(=O)c2ccnc(OC3CCCCC3)c2)CC1. The van der Waals surface area contributed by atoms with E-state index < -0.39 is 5.97 Å². The molecule has 25 heavy (non-hydrogen) atoms. The molecule has 1 aromatic heterocycles. The van der Waals surface area contributed by atoms with E-state index in [2.05, 4.69) is 4.98 Å². The fourth-order valence-corrected chi connectivity index (χ4v) is 3.73. The van der Waals surface area contributed by atoms with Gasteiger partial charge in [-0.05, 0) is 50.5 Å². The van der Waals surface area contributed by atoms with E-state index in [0.29, 0.717) is 24.5 Å². The van der Waals surface area contributed by atoms with Crippen LogP contribution in [0, 0.1) is 5.92 Å². The zero-order chi connectivity index (χ0) is 17.6. The number of carboxylic acid groups (broad SMARTS) is 1. The van der Waals surface area contributed by atoms with Crippen molar-refractivity contribution in [3.63, 3.8) is 0 Å². The summed E-state index contributed by atoms with van der Waals surface area (Å²) in [5.41, 5.74) is 0.595. The Balaban J connectivity index is 1.57. The summed E-state index contributed by atoms with van der Waals surface area (Å²) in [6.07, 6.45) is 9.27. The Morgan fingerprint density at radius 3 is 2.56 bits per heavy atom. The van der Waals surface area contributed by atoms with E-state index in [1.54, 1.807) is 23.2 Å². The number of pyridine rings is 1. The molecule has 0 aromatic carbocycles. The second kappa shape index (κ2) is 8.32. The van der Waals surface area contributed by atoms with Crippen molar-refractivity contribution < 1.29 is 19.4 Å². The molecule has 2 heterocycles. The van der Waals surface area contributed by atoms with Gasteiger partial charge < -0.3 is 14.7 Å². The second-order valence-electron chi connectivity index (χ2n) is 7.09. The maximum atomic E-state index is 12.7. The van der Waals surface area contributed by atoms with Gasteiger partial charge in [0.05, 0.1) is 0 Å². The standard InChI is InChI=1S/C19H26N2O4/c22-18(23)12-14-7-10-21(11-8-14)19(24)15-6-9-20-17(13-15)25-16-4-2-1-3-5-16/h6,9,13-14,16H,1-5,7-8,10-12H2,(H,22,23). The highest BCUT2D eigenvalue weighted by Crippen LogP contribution is 2.24. The predicted molar refractivity (Wildman–Crippen MR) is 92.6 cm³/mol. The van der Waals surface area contributed by atoms with Gasteiger partial charge in [0.1, 0.15) is 6.10 Å². The van der Waals surface area contributed by atoms with Crippen LogP contribution in [0.1, 0.15) is 61.7 Å². The average Bonchev–Trinajstić information content (AvgIpc) is 2.62. The molecule has 1 saturated heterocycles. The minimum atomic E-state index is -0.761. The molecular formula is C19H26N2O4. The first-order valence-electron chi connectivity index (χ1n) is 9.25. The van der Waals surface area contributed by atoms with E-state index in [9.17, 15) is 9.59 Å². The van der Waals surface area contributed by atoms with Crippen molar-refractivity contribution in [2.75, 3.05) is 13.1 Å². The first-order chi connectivity index (χ1) is 12.1. The Morgan fingerprint density at radius 2 is 1.88 bits per heavy atom. The fraction of sp³-hybridized carbons (Fsp3) is 0.632. The average molecular weight is 346 g/mol. The number of hydrogen-bond donors (Lipinski definition) is 1. The number of ether oxygens (including phenoxy) is 1. The van der Waals surface area contributed by atoms with Gasteiger partial charge in [-0.1, -0.05) is 6.42 Å². The zero-order valence-corrected chi connectivity index (χ0v) is 14.5. The van der Waals surface area contributed by atoms with Gasteiger partial charge in [0.25, 0.3) is 5.91 Å². The fourth-order valence-electron chi connectivity index (χ4n) is 3.73. The number of carboxylic acids is 1. The molecule has 1 aliphatic carbocycles. The summed E-state index contributed by atoms with van der Waals surface area (Å²) >= 11 is 0. The quantitative estimate of drug-likeness (QED) is 0.886. The molecule has 0 spiro atoms. The topological polar surface area (TPSA) is 79.7 Å². The summed E-state index contributed by atoms with van der Waals surface area (Å²) in [5.74, 6) is -0.0872. The van der Waals surface area contributed by atoms with E-state index in [-0.39, 0.29) is 24.3 Å². The number of carbonyl (C=O) groups excluding carboxylic acids is 1. The van der Waals surface area contributed by atoms with Crippen molar-refractivity contribution in [3.8, 4) is 5.88 Å². The van der Waals surface area contributed by atoms with Crippen molar-refractivity contribution in [1.29, 1.82) is 0 Å². The molecule has 1 saturated carbocycles. The zero-order valence-electron chi connectivity index (χ0n) is 14.5. The first kappa shape index (κ1) is 17.7. The lowest BCUT2D eigenvalue weighted by molar-refractivity contribution is -0.138.